The van der Waals surface area contributed by atoms with Crippen molar-refractivity contribution < 1.29 is 4.79 Å². The quantitative estimate of drug-likeness (QED) is 0.630. The first-order valence-electron chi connectivity index (χ1n) is 5.30. The maximum atomic E-state index is 11.7. The van der Waals surface area contributed by atoms with Crippen LogP contribution in [0.3, 0.4) is 0 Å². The van der Waals surface area contributed by atoms with E-state index in [1.165, 1.54) is 0 Å². The average molecular weight is 203 g/mol. The number of amides is 1. The second kappa shape index (κ2) is 3.31. The Bertz CT molecular complexity index is 405. The molecule has 1 aromatic rings. The van der Waals surface area contributed by atoms with E-state index < -0.39 is 0 Å². The van der Waals surface area contributed by atoms with Crippen molar-refractivity contribution in [2.75, 3.05) is 19.6 Å². The summed E-state index contributed by atoms with van der Waals surface area (Å²) >= 11 is 0. The van der Waals surface area contributed by atoms with Gasteiger partial charge in [0.1, 0.15) is 5.69 Å². The third-order valence-corrected chi connectivity index (χ3v) is 3.32. The Labute approximate surface area is 88.1 Å². The van der Waals surface area contributed by atoms with E-state index in [-0.39, 0.29) is 5.91 Å². The van der Waals surface area contributed by atoms with Gasteiger partial charge in [-0.05, 0) is 17.5 Å². The van der Waals surface area contributed by atoms with E-state index in [0.717, 1.165) is 25.2 Å². The third kappa shape index (κ3) is 1.33. The molecule has 3 rings (SSSR count). The molecule has 0 aliphatic carbocycles. The zero-order valence-electron chi connectivity index (χ0n) is 8.36. The van der Waals surface area contributed by atoms with E-state index in [4.69, 9.17) is 0 Å². The maximum absolute atomic E-state index is 11.7. The number of hydrogen-bond acceptors (Lipinski definition) is 3. The van der Waals surface area contributed by atoms with E-state index >= 15 is 0 Å². The highest BCUT2D eigenvalue weighted by Crippen LogP contribution is 2.31. The van der Waals surface area contributed by atoms with Gasteiger partial charge in [0.05, 0.1) is 0 Å². The largest absolute Gasteiger partial charge is 0.350 e. The second-order valence-electron chi connectivity index (χ2n) is 4.18. The minimum Gasteiger partial charge on any atom is -0.350 e. The van der Waals surface area contributed by atoms with Gasteiger partial charge >= 0.3 is 0 Å². The van der Waals surface area contributed by atoms with Crippen LogP contribution in [-0.4, -0.2) is 30.5 Å². The molecule has 4 heteroatoms. The zero-order valence-corrected chi connectivity index (χ0v) is 8.36. The molecule has 15 heavy (non-hydrogen) atoms. The Morgan fingerprint density at radius 3 is 3.20 bits per heavy atom. The number of nitrogens with one attached hydrogen (secondary N) is 2. The molecular weight excluding hydrogens is 190 g/mol. The Morgan fingerprint density at radius 2 is 2.27 bits per heavy atom. The van der Waals surface area contributed by atoms with Crippen LogP contribution in [0.4, 0.5) is 0 Å². The van der Waals surface area contributed by atoms with E-state index in [2.05, 4.69) is 15.6 Å². The highest BCUT2D eigenvalue weighted by Gasteiger charge is 2.34. The van der Waals surface area contributed by atoms with Crippen molar-refractivity contribution in [2.45, 2.75) is 5.92 Å². The van der Waals surface area contributed by atoms with Gasteiger partial charge < -0.3 is 10.6 Å². The summed E-state index contributed by atoms with van der Waals surface area (Å²) in [4.78, 5) is 15.9. The lowest BCUT2D eigenvalue weighted by molar-refractivity contribution is 0.0947. The molecule has 1 unspecified atom stereocenters. The summed E-state index contributed by atoms with van der Waals surface area (Å²) < 4.78 is 0. The van der Waals surface area contributed by atoms with Crippen molar-refractivity contribution in [2.24, 2.45) is 5.92 Å². The van der Waals surface area contributed by atoms with E-state index in [0.29, 0.717) is 17.5 Å². The number of rotatable bonds is 0. The van der Waals surface area contributed by atoms with Crippen molar-refractivity contribution in [3.63, 3.8) is 0 Å². The van der Waals surface area contributed by atoms with Crippen molar-refractivity contribution >= 4 is 5.91 Å². The molecule has 3 heterocycles. The summed E-state index contributed by atoms with van der Waals surface area (Å²) in [6.07, 6.45) is 1.68. The molecule has 1 aromatic heterocycles. The molecule has 0 spiro atoms. The maximum Gasteiger partial charge on any atom is 0.270 e. The molecule has 2 aliphatic heterocycles. The van der Waals surface area contributed by atoms with E-state index in [1.54, 1.807) is 6.20 Å². The van der Waals surface area contributed by atoms with Gasteiger partial charge in [-0.25, -0.2) is 0 Å². The number of pyridine rings is 1. The topological polar surface area (TPSA) is 54.0 Å². The van der Waals surface area contributed by atoms with E-state index in [1.807, 2.05) is 12.1 Å². The average Bonchev–Trinajstić information content (AvgIpc) is 2.69. The summed E-state index contributed by atoms with van der Waals surface area (Å²) in [5.74, 6) is 0.923. The Balaban J connectivity index is 2.11. The van der Waals surface area contributed by atoms with Crippen LogP contribution in [0.2, 0.25) is 0 Å². The van der Waals surface area contributed by atoms with Crippen molar-refractivity contribution in [1.29, 1.82) is 0 Å². The van der Waals surface area contributed by atoms with E-state index in [9.17, 15) is 4.79 Å². The molecule has 1 saturated heterocycles. The van der Waals surface area contributed by atoms with Gasteiger partial charge in [0.25, 0.3) is 5.91 Å². The fourth-order valence-electron chi connectivity index (χ4n) is 2.53. The number of hydrogen-bond donors (Lipinski definition) is 2. The molecule has 0 bridgehead atoms. The lowest BCUT2D eigenvalue weighted by atomic mass is 9.89. The van der Waals surface area contributed by atoms with Crippen LogP contribution in [-0.2, 0) is 0 Å². The molecule has 0 saturated carbocycles. The summed E-state index contributed by atoms with van der Waals surface area (Å²) in [5.41, 5.74) is 1.70. The molecule has 0 aromatic carbocycles. The standard InChI is InChI=1S/C11H13N3O/c15-11-10-8(2-1-3-13-10)9-6-12-4-7(9)5-14-11/h1-3,7,9,12H,4-6H2,(H,14,15)/t7-,9?/m0/s1. The third-order valence-electron chi connectivity index (χ3n) is 3.32. The first-order chi connectivity index (χ1) is 7.36. The summed E-state index contributed by atoms with van der Waals surface area (Å²) in [7, 11) is 0. The number of fused-ring (bicyclic) bond motifs is 3. The fraction of sp³-hybridized carbons (Fsp3) is 0.455. The highest BCUT2D eigenvalue weighted by molar-refractivity contribution is 5.94. The Morgan fingerprint density at radius 1 is 1.33 bits per heavy atom. The van der Waals surface area contributed by atoms with Gasteiger partial charge in [-0.2, -0.15) is 0 Å². The van der Waals surface area contributed by atoms with Crippen LogP contribution in [0.1, 0.15) is 22.0 Å². The number of nitrogens with zero attached hydrogens (tertiary/aromatic N) is 1. The van der Waals surface area contributed by atoms with Crippen LogP contribution in [0, 0.1) is 5.92 Å². The lowest BCUT2D eigenvalue weighted by Gasteiger charge is -2.15. The van der Waals surface area contributed by atoms with Gasteiger partial charge in [-0.1, -0.05) is 6.07 Å². The summed E-state index contributed by atoms with van der Waals surface area (Å²) in [6.45, 7) is 2.70. The number of carbonyl (C=O) groups is 1. The van der Waals surface area contributed by atoms with Crippen LogP contribution >= 0.6 is 0 Å². The molecule has 0 radical (unpaired) electrons. The first kappa shape index (κ1) is 8.85. The molecule has 2 aliphatic rings. The lowest BCUT2D eigenvalue weighted by Crippen LogP contribution is -2.29. The Kier molecular flexibility index (Phi) is 1.95. The van der Waals surface area contributed by atoms with Gasteiger partial charge in [0.2, 0.25) is 0 Å². The highest BCUT2D eigenvalue weighted by atomic mass is 16.1. The molecule has 1 amide bonds. The van der Waals surface area contributed by atoms with Crippen molar-refractivity contribution in [3.05, 3.63) is 29.6 Å². The second-order valence-corrected chi connectivity index (χ2v) is 4.18. The molecule has 78 valence electrons. The minimum absolute atomic E-state index is 0.0278. The molecule has 2 N–H and O–H groups in total. The van der Waals surface area contributed by atoms with Crippen LogP contribution in [0.25, 0.3) is 0 Å². The summed E-state index contributed by atoms with van der Waals surface area (Å²) in [5, 5.41) is 6.30. The fourth-order valence-corrected chi connectivity index (χ4v) is 2.53. The predicted molar refractivity (Wildman–Crippen MR) is 55.7 cm³/mol. The number of carbonyl (C=O) groups excluding carboxylic acids is 1. The predicted octanol–water partition coefficient (Wildman–Crippen LogP) is 0.128. The molecule has 2 atom stereocenters. The van der Waals surface area contributed by atoms with Crippen molar-refractivity contribution in [3.8, 4) is 0 Å². The SMILES string of the molecule is O=C1NC[C@@H]2CNCC2c2cccnc21. The van der Waals surface area contributed by atoms with Gasteiger partial charge in [-0.3, -0.25) is 9.78 Å². The summed E-state index contributed by atoms with van der Waals surface area (Å²) in [6, 6.07) is 3.94. The first-order valence-corrected chi connectivity index (χ1v) is 5.30. The molecule has 1 fully saturated rings. The smallest absolute Gasteiger partial charge is 0.270 e. The van der Waals surface area contributed by atoms with Gasteiger partial charge in [0, 0.05) is 31.7 Å². The minimum atomic E-state index is -0.0278. The van der Waals surface area contributed by atoms with Crippen LogP contribution in [0.5, 0.6) is 0 Å². The van der Waals surface area contributed by atoms with Crippen LogP contribution in [0.15, 0.2) is 18.3 Å². The molecule has 4 nitrogen and oxygen atoms in total. The van der Waals surface area contributed by atoms with Crippen molar-refractivity contribution in [1.82, 2.24) is 15.6 Å². The van der Waals surface area contributed by atoms with Gasteiger partial charge in [0.15, 0.2) is 0 Å². The van der Waals surface area contributed by atoms with Crippen LogP contribution < -0.4 is 10.6 Å². The number of aromatic nitrogens is 1. The molecular formula is C11H13N3O. The van der Waals surface area contributed by atoms with Gasteiger partial charge in [-0.15, -0.1) is 0 Å². The zero-order chi connectivity index (χ0) is 10.3. The Hall–Kier alpha value is -1.42. The normalized spacial score (nSPS) is 28.9. The monoisotopic (exact) mass is 203 g/mol.